The van der Waals surface area contributed by atoms with Gasteiger partial charge in [0.25, 0.3) is 0 Å². The van der Waals surface area contributed by atoms with Gasteiger partial charge in [-0.25, -0.2) is 0 Å². The Morgan fingerprint density at radius 3 is 2.69 bits per heavy atom. The number of rotatable bonds is 2. The molecule has 0 aliphatic carbocycles. The van der Waals surface area contributed by atoms with E-state index in [4.69, 9.17) is 0 Å². The highest BCUT2D eigenvalue weighted by atomic mass is 79.9. The predicted molar refractivity (Wildman–Crippen MR) is 54.5 cm³/mol. The molecule has 0 heterocycles. The van der Waals surface area contributed by atoms with Gasteiger partial charge in [0.1, 0.15) is 6.10 Å². The molecule has 0 saturated carbocycles. The molecule has 0 bridgehead atoms. The molecule has 1 N–H and O–H groups in total. The highest BCUT2D eigenvalue weighted by Gasteiger charge is 2.14. The molecule has 70 valence electrons. The first-order valence-corrected chi connectivity index (χ1v) is 4.76. The number of hydrogen-bond donors (Lipinski definition) is 1. The number of halogens is 1. The minimum atomic E-state index is -1.00. The third-order valence-electron chi connectivity index (χ3n) is 1.92. The maximum absolute atomic E-state index is 10.9. The van der Waals surface area contributed by atoms with Crippen LogP contribution >= 0.6 is 15.9 Å². The number of aliphatic hydroxyl groups is 1. The number of ketones is 1. The first-order chi connectivity index (χ1) is 6.02. The van der Waals surface area contributed by atoms with Crippen LogP contribution in [0.25, 0.3) is 0 Å². The fourth-order valence-corrected chi connectivity index (χ4v) is 1.50. The molecule has 0 unspecified atom stereocenters. The van der Waals surface area contributed by atoms with Crippen LogP contribution in [-0.2, 0) is 4.79 Å². The zero-order chi connectivity index (χ0) is 10.0. The summed E-state index contributed by atoms with van der Waals surface area (Å²) in [4.78, 5) is 10.9. The maximum Gasteiger partial charge on any atom is 0.162 e. The summed E-state index contributed by atoms with van der Waals surface area (Å²) in [5, 5.41) is 9.53. The van der Waals surface area contributed by atoms with Crippen molar-refractivity contribution in [2.24, 2.45) is 0 Å². The molecule has 13 heavy (non-hydrogen) atoms. The van der Waals surface area contributed by atoms with Crippen molar-refractivity contribution >= 4 is 21.7 Å². The van der Waals surface area contributed by atoms with Crippen LogP contribution in [0.5, 0.6) is 0 Å². The number of hydrogen-bond acceptors (Lipinski definition) is 2. The Morgan fingerprint density at radius 1 is 1.54 bits per heavy atom. The molecule has 0 radical (unpaired) electrons. The number of aliphatic hydroxyl groups excluding tert-OH is 1. The van der Waals surface area contributed by atoms with Crippen molar-refractivity contribution in [3.05, 3.63) is 33.8 Å². The van der Waals surface area contributed by atoms with Gasteiger partial charge in [-0.3, -0.25) is 4.79 Å². The van der Waals surface area contributed by atoms with E-state index in [-0.39, 0.29) is 5.78 Å². The molecule has 3 heteroatoms. The van der Waals surface area contributed by atoms with Crippen molar-refractivity contribution in [1.82, 2.24) is 0 Å². The Balaban J connectivity index is 3.12. The summed E-state index contributed by atoms with van der Waals surface area (Å²) in [6.07, 6.45) is -1.00. The lowest BCUT2D eigenvalue weighted by Crippen LogP contribution is -2.08. The molecule has 0 fully saturated rings. The number of carbonyl (C=O) groups is 1. The topological polar surface area (TPSA) is 37.3 Å². The molecule has 0 spiro atoms. The molecule has 0 aromatic heterocycles. The van der Waals surface area contributed by atoms with Crippen LogP contribution in [0.1, 0.15) is 24.2 Å². The van der Waals surface area contributed by atoms with Gasteiger partial charge < -0.3 is 5.11 Å². The average Bonchev–Trinajstić information content (AvgIpc) is 2.08. The summed E-state index contributed by atoms with van der Waals surface area (Å²) in [5.74, 6) is -0.235. The van der Waals surface area contributed by atoms with Crippen LogP contribution in [0.4, 0.5) is 0 Å². The van der Waals surface area contributed by atoms with Crippen molar-refractivity contribution in [3.8, 4) is 0 Å². The van der Waals surface area contributed by atoms with Crippen molar-refractivity contribution in [1.29, 1.82) is 0 Å². The van der Waals surface area contributed by atoms with Gasteiger partial charge in [0.05, 0.1) is 0 Å². The zero-order valence-electron chi connectivity index (χ0n) is 7.54. The van der Waals surface area contributed by atoms with Crippen LogP contribution < -0.4 is 0 Å². The molecule has 1 aromatic carbocycles. The van der Waals surface area contributed by atoms with Crippen molar-refractivity contribution in [3.63, 3.8) is 0 Å². The van der Waals surface area contributed by atoms with Crippen LogP contribution in [0.2, 0.25) is 0 Å². The summed E-state index contributed by atoms with van der Waals surface area (Å²) >= 11 is 3.29. The zero-order valence-corrected chi connectivity index (χ0v) is 9.13. The van der Waals surface area contributed by atoms with E-state index in [2.05, 4.69) is 15.9 Å². The second-order valence-corrected chi connectivity index (χ2v) is 3.93. The van der Waals surface area contributed by atoms with E-state index in [0.29, 0.717) is 5.56 Å². The molecule has 1 atom stereocenters. The second kappa shape index (κ2) is 4.03. The fraction of sp³-hybridized carbons (Fsp3) is 0.300. The summed E-state index contributed by atoms with van der Waals surface area (Å²) < 4.78 is 0.869. The van der Waals surface area contributed by atoms with Gasteiger partial charge in [0, 0.05) is 4.47 Å². The standard InChI is InChI=1S/C10H11BrO2/c1-6-3-4-8(11)5-9(6)10(13)7(2)12/h3-5,10,13H,1-2H3/t10-/m0/s1. The van der Waals surface area contributed by atoms with E-state index < -0.39 is 6.10 Å². The van der Waals surface area contributed by atoms with E-state index in [1.54, 1.807) is 6.07 Å². The fourth-order valence-electron chi connectivity index (χ4n) is 1.12. The van der Waals surface area contributed by atoms with Crippen LogP contribution in [0, 0.1) is 6.92 Å². The Bertz CT molecular complexity index is 334. The summed E-state index contributed by atoms with van der Waals surface area (Å²) in [5.41, 5.74) is 1.59. The van der Waals surface area contributed by atoms with Crippen LogP contribution in [0.15, 0.2) is 22.7 Å². The van der Waals surface area contributed by atoms with Crippen molar-refractivity contribution in [2.75, 3.05) is 0 Å². The van der Waals surface area contributed by atoms with E-state index in [1.807, 2.05) is 19.1 Å². The highest BCUT2D eigenvalue weighted by molar-refractivity contribution is 9.10. The monoisotopic (exact) mass is 242 g/mol. The van der Waals surface area contributed by atoms with Gasteiger partial charge in [-0.15, -0.1) is 0 Å². The summed E-state index contributed by atoms with van der Waals surface area (Å²) in [6.45, 7) is 3.25. The third-order valence-corrected chi connectivity index (χ3v) is 2.41. The second-order valence-electron chi connectivity index (χ2n) is 3.01. The largest absolute Gasteiger partial charge is 0.381 e. The van der Waals surface area contributed by atoms with E-state index in [0.717, 1.165) is 10.0 Å². The van der Waals surface area contributed by atoms with E-state index in [9.17, 15) is 9.90 Å². The van der Waals surface area contributed by atoms with Gasteiger partial charge in [-0.2, -0.15) is 0 Å². The first kappa shape index (κ1) is 10.4. The van der Waals surface area contributed by atoms with Crippen molar-refractivity contribution < 1.29 is 9.90 Å². The Labute approximate surface area is 85.7 Å². The molecule has 1 rings (SSSR count). The van der Waals surface area contributed by atoms with Gasteiger partial charge in [0.15, 0.2) is 5.78 Å². The molecule has 2 nitrogen and oxygen atoms in total. The average molecular weight is 243 g/mol. The number of Topliss-reactive ketones (excluding diaryl/α,β-unsaturated/α-hetero) is 1. The Hall–Kier alpha value is -0.670. The SMILES string of the molecule is CC(=O)[C@H](O)c1cc(Br)ccc1C. The maximum atomic E-state index is 10.9. The molecular weight excluding hydrogens is 232 g/mol. The highest BCUT2D eigenvalue weighted by Crippen LogP contribution is 2.22. The van der Waals surface area contributed by atoms with Gasteiger partial charge in [-0.05, 0) is 37.1 Å². The van der Waals surface area contributed by atoms with Crippen LogP contribution in [-0.4, -0.2) is 10.9 Å². The molecule has 0 aliphatic rings. The smallest absolute Gasteiger partial charge is 0.162 e. The normalized spacial score (nSPS) is 12.6. The molecule has 0 saturated heterocycles. The van der Waals surface area contributed by atoms with Gasteiger partial charge in [0.2, 0.25) is 0 Å². The van der Waals surface area contributed by atoms with Crippen LogP contribution in [0.3, 0.4) is 0 Å². The number of benzene rings is 1. The molecule has 0 aliphatic heterocycles. The van der Waals surface area contributed by atoms with E-state index >= 15 is 0 Å². The van der Waals surface area contributed by atoms with E-state index in [1.165, 1.54) is 6.92 Å². The van der Waals surface area contributed by atoms with Crippen molar-refractivity contribution in [2.45, 2.75) is 20.0 Å². The Kier molecular flexibility index (Phi) is 3.22. The summed E-state index contributed by atoms with van der Waals surface area (Å²) in [7, 11) is 0. The number of aryl methyl sites for hydroxylation is 1. The van der Waals surface area contributed by atoms with Gasteiger partial charge in [-0.1, -0.05) is 22.0 Å². The van der Waals surface area contributed by atoms with Gasteiger partial charge >= 0.3 is 0 Å². The summed E-state index contributed by atoms with van der Waals surface area (Å²) in [6, 6.07) is 5.51. The lowest BCUT2D eigenvalue weighted by Gasteiger charge is -2.10. The lowest BCUT2D eigenvalue weighted by atomic mass is 10.0. The predicted octanol–water partition coefficient (Wildman–Crippen LogP) is 2.38. The third kappa shape index (κ3) is 2.39. The minimum absolute atomic E-state index is 0.235. The number of carbonyl (C=O) groups excluding carboxylic acids is 1. The lowest BCUT2D eigenvalue weighted by molar-refractivity contribution is -0.125. The Morgan fingerprint density at radius 2 is 2.15 bits per heavy atom. The molecule has 0 amide bonds. The molecular formula is C10H11BrO2. The molecule has 1 aromatic rings. The minimum Gasteiger partial charge on any atom is -0.381 e. The quantitative estimate of drug-likeness (QED) is 0.865. The first-order valence-electron chi connectivity index (χ1n) is 3.97.